The zero-order valence-corrected chi connectivity index (χ0v) is 5.80. The molecular weight excluding hydrogens is 130 g/mol. The Hall–Kier alpha value is -0.410. The molecule has 56 valence electrons. The van der Waals surface area contributed by atoms with Crippen molar-refractivity contribution in [3.05, 3.63) is 0 Å². The summed E-state index contributed by atoms with van der Waals surface area (Å²) >= 11 is 0. The van der Waals surface area contributed by atoms with Gasteiger partial charge >= 0.3 is 0 Å². The van der Waals surface area contributed by atoms with Gasteiger partial charge < -0.3 is 10.1 Å². The van der Waals surface area contributed by atoms with Crippen molar-refractivity contribution < 1.29 is 9.53 Å². The Morgan fingerprint density at radius 3 is 3.30 bits per heavy atom. The fourth-order valence-electron chi connectivity index (χ4n) is 1.66. The fourth-order valence-corrected chi connectivity index (χ4v) is 1.66. The van der Waals surface area contributed by atoms with Crippen molar-refractivity contribution >= 4 is 5.78 Å². The summed E-state index contributed by atoms with van der Waals surface area (Å²) in [5.41, 5.74) is 0. The lowest BCUT2D eigenvalue weighted by Gasteiger charge is -2.25. The molecule has 0 aromatic rings. The highest BCUT2D eigenvalue weighted by Crippen LogP contribution is 2.20. The number of carbonyl (C=O) groups is 1. The van der Waals surface area contributed by atoms with Gasteiger partial charge in [-0.3, -0.25) is 4.79 Å². The molecule has 1 aliphatic heterocycles. The van der Waals surface area contributed by atoms with Crippen LogP contribution < -0.4 is 5.32 Å². The molecular formula is C7H11NO2. The van der Waals surface area contributed by atoms with Crippen LogP contribution in [0.2, 0.25) is 0 Å². The van der Waals surface area contributed by atoms with Crippen molar-refractivity contribution in [2.45, 2.75) is 25.0 Å². The summed E-state index contributed by atoms with van der Waals surface area (Å²) in [7, 11) is 0. The molecule has 2 aliphatic rings. The van der Waals surface area contributed by atoms with Crippen LogP contribution in [0.15, 0.2) is 0 Å². The van der Waals surface area contributed by atoms with Crippen molar-refractivity contribution in [2.75, 3.05) is 13.2 Å². The average molecular weight is 141 g/mol. The molecule has 3 heteroatoms. The normalized spacial score (nSPS) is 39.8. The van der Waals surface area contributed by atoms with Gasteiger partial charge in [0.05, 0.1) is 18.8 Å². The van der Waals surface area contributed by atoms with Crippen molar-refractivity contribution in [2.24, 2.45) is 0 Å². The van der Waals surface area contributed by atoms with Crippen LogP contribution in [0.3, 0.4) is 0 Å². The summed E-state index contributed by atoms with van der Waals surface area (Å²) in [6, 6.07) is 0.0220. The van der Waals surface area contributed by atoms with E-state index in [4.69, 9.17) is 4.74 Å². The summed E-state index contributed by atoms with van der Waals surface area (Å²) < 4.78 is 5.39. The van der Waals surface area contributed by atoms with Crippen molar-refractivity contribution in [1.82, 2.24) is 5.32 Å². The van der Waals surface area contributed by atoms with Crippen LogP contribution in [0, 0.1) is 0 Å². The van der Waals surface area contributed by atoms with Crippen LogP contribution in [0.4, 0.5) is 0 Å². The van der Waals surface area contributed by atoms with E-state index in [0.29, 0.717) is 12.2 Å². The first-order valence-electron chi connectivity index (χ1n) is 3.75. The third-order valence-electron chi connectivity index (χ3n) is 2.19. The fraction of sp³-hybridized carbons (Fsp3) is 0.857. The third kappa shape index (κ3) is 0.859. The van der Waals surface area contributed by atoms with E-state index < -0.39 is 0 Å². The summed E-state index contributed by atoms with van der Waals surface area (Å²) in [5.74, 6) is 0.324. The van der Waals surface area contributed by atoms with Gasteiger partial charge in [-0.1, -0.05) is 0 Å². The molecule has 0 radical (unpaired) electrons. The first kappa shape index (κ1) is 6.31. The number of carbonyl (C=O) groups excluding carboxylic acids is 1. The quantitative estimate of drug-likeness (QED) is 0.503. The maximum Gasteiger partial charge on any atom is 0.152 e. The van der Waals surface area contributed by atoms with Crippen LogP contribution in [-0.4, -0.2) is 31.1 Å². The Morgan fingerprint density at radius 1 is 1.60 bits per heavy atom. The third-order valence-corrected chi connectivity index (χ3v) is 2.19. The SMILES string of the molecule is O=C1CCC2OCCNC12. The second-order valence-corrected chi connectivity index (χ2v) is 2.85. The maximum absolute atomic E-state index is 11.1. The average Bonchev–Trinajstić information content (AvgIpc) is 2.34. The molecule has 0 aromatic carbocycles. The van der Waals surface area contributed by atoms with Gasteiger partial charge in [0.2, 0.25) is 0 Å². The number of nitrogens with one attached hydrogen (secondary N) is 1. The van der Waals surface area contributed by atoms with Crippen LogP contribution in [0.5, 0.6) is 0 Å². The summed E-state index contributed by atoms with van der Waals surface area (Å²) in [6.07, 6.45) is 1.79. The second-order valence-electron chi connectivity index (χ2n) is 2.85. The number of ketones is 1. The number of hydrogen-bond acceptors (Lipinski definition) is 3. The van der Waals surface area contributed by atoms with Gasteiger partial charge in [-0.15, -0.1) is 0 Å². The van der Waals surface area contributed by atoms with E-state index in [9.17, 15) is 4.79 Å². The maximum atomic E-state index is 11.1. The molecule has 2 unspecified atom stereocenters. The Kier molecular flexibility index (Phi) is 1.47. The van der Waals surface area contributed by atoms with E-state index in [2.05, 4.69) is 5.32 Å². The Labute approximate surface area is 59.7 Å². The number of Topliss-reactive ketones (excluding diaryl/α,β-unsaturated/α-hetero) is 1. The Balaban J connectivity index is 2.08. The Bertz CT molecular complexity index is 158. The zero-order chi connectivity index (χ0) is 6.97. The number of hydrogen-bond donors (Lipinski definition) is 1. The number of fused-ring (bicyclic) bond motifs is 1. The van der Waals surface area contributed by atoms with Crippen molar-refractivity contribution in [1.29, 1.82) is 0 Å². The van der Waals surface area contributed by atoms with Crippen LogP contribution in [0.25, 0.3) is 0 Å². The predicted octanol–water partition coefficient (Wildman–Crippen LogP) is -0.294. The summed E-state index contributed by atoms with van der Waals surface area (Å²) in [5, 5.41) is 3.16. The highest BCUT2D eigenvalue weighted by Gasteiger charge is 2.36. The molecule has 10 heavy (non-hydrogen) atoms. The lowest BCUT2D eigenvalue weighted by atomic mass is 10.2. The zero-order valence-electron chi connectivity index (χ0n) is 5.80. The monoisotopic (exact) mass is 141 g/mol. The van der Waals surface area contributed by atoms with Crippen molar-refractivity contribution in [3.8, 4) is 0 Å². The van der Waals surface area contributed by atoms with E-state index in [0.717, 1.165) is 19.6 Å². The van der Waals surface area contributed by atoms with Gasteiger partial charge in [0.25, 0.3) is 0 Å². The molecule has 3 nitrogen and oxygen atoms in total. The predicted molar refractivity (Wildman–Crippen MR) is 35.8 cm³/mol. The second kappa shape index (κ2) is 2.32. The minimum Gasteiger partial charge on any atom is -0.375 e. The van der Waals surface area contributed by atoms with E-state index in [1.165, 1.54) is 0 Å². The van der Waals surface area contributed by atoms with E-state index in [-0.39, 0.29) is 12.1 Å². The molecule has 0 aromatic heterocycles. The van der Waals surface area contributed by atoms with Crippen LogP contribution in [0.1, 0.15) is 12.8 Å². The first-order valence-corrected chi connectivity index (χ1v) is 3.75. The highest BCUT2D eigenvalue weighted by molar-refractivity contribution is 5.87. The molecule has 2 fully saturated rings. The lowest BCUT2D eigenvalue weighted by molar-refractivity contribution is -0.121. The molecule has 1 N–H and O–H groups in total. The number of ether oxygens (including phenoxy) is 1. The van der Waals surface area contributed by atoms with Crippen LogP contribution >= 0.6 is 0 Å². The Morgan fingerprint density at radius 2 is 2.50 bits per heavy atom. The summed E-state index contributed by atoms with van der Waals surface area (Å²) in [6.45, 7) is 1.58. The van der Waals surface area contributed by atoms with Gasteiger partial charge in [0.1, 0.15) is 0 Å². The van der Waals surface area contributed by atoms with Crippen LogP contribution in [-0.2, 0) is 9.53 Å². The number of morpholine rings is 1. The molecule has 2 atom stereocenters. The van der Waals surface area contributed by atoms with E-state index in [1.807, 2.05) is 0 Å². The molecule has 1 heterocycles. The molecule has 2 rings (SSSR count). The van der Waals surface area contributed by atoms with Gasteiger partial charge in [-0.25, -0.2) is 0 Å². The lowest BCUT2D eigenvalue weighted by Crippen LogP contribution is -2.48. The molecule has 1 aliphatic carbocycles. The number of rotatable bonds is 0. The summed E-state index contributed by atoms with van der Waals surface area (Å²) in [4.78, 5) is 11.1. The smallest absolute Gasteiger partial charge is 0.152 e. The molecule has 0 spiro atoms. The topological polar surface area (TPSA) is 38.3 Å². The van der Waals surface area contributed by atoms with Crippen molar-refractivity contribution in [3.63, 3.8) is 0 Å². The molecule has 0 bridgehead atoms. The largest absolute Gasteiger partial charge is 0.375 e. The van der Waals surface area contributed by atoms with Gasteiger partial charge in [-0.2, -0.15) is 0 Å². The standard InChI is InChI=1S/C7H11NO2/c9-5-1-2-6-7(5)8-3-4-10-6/h6-8H,1-4H2. The first-order chi connectivity index (χ1) is 4.88. The van der Waals surface area contributed by atoms with E-state index in [1.54, 1.807) is 0 Å². The molecule has 1 saturated heterocycles. The van der Waals surface area contributed by atoms with Gasteiger partial charge in [0, 0.05) is 13.0 Å². The minimum atomic E-state index is 0.0220. The highest BCUT2D eigenvalue weighted by atomic mass is 16.5. The van der Waals surface area contributed by atoms with E-state index >= 15 is 0 Å². The molecule has 1 saturated carbocycles. The molecule has 0 amide bonds. The van der Waals surface area contributed by atoms with Gasteiger partial charge in [-0.05, 0) is 6.42 Å². The minimum absolute atomic E-state index is 0.0220. The van der Waals surface area contributed by atoms with Gasteiger partial charge in [0.15, 0.2) is 5.78 Å².